The summed E-state index contributed by atoms with van der Waals surface area (Å²) in [4.78, 5) is 10.2. The molecular weight excluding hydrogens is 212 g/mol. The fourth-order valence-electron chi connectivity index (χ4n) is 2.50. The molecule has 0 aromatic rings. The lowest BCUT2D eigenvalue weighted by atomic mass is 9.83. The minimum Gasteiger partial charge on any atom is -0.465 e. The molecule has 0 aliphatic heterocycles. The smallest absolute Gasteiger partial charge is 0.293 e. The molecule has 0 saturated heterocycles. The van der Waals surface area contributed by atoms with Gasteiger partial charge in [-0.05, 0) is 49.9 Å². The summed E-state index contributed by atoms with van der Waals surface area (Å²) in [6, 6.07) is 0. The van der Waals surface area contributed by atoms with Gasteiger partial charge in [-0.2, -0.15) is 0 Å². The van der Waals surface area contributed by atoms with Crippen LogP contribution in [0.4, 0.5) is 0 Å². The number of carbonyl (C=O) groups excluding carboxylic acids is 1. The average Bonchev–Trinajstić information content (AvgIpc) is 2.16. The van der Waals surface area contributed by atoms with E-state index >= 15 is 0 Å². The fourth-order valence-corrected chi connectivity index (χ4v) is 2.50. The van der Waals surface area contributed by atoms with Gasteiger partial charge in [-0.15, -0.1) is 0 Å². The molecule has 102 valence electrons. The van der Waals surface area contributed by atoms with E-state index in [1.54, 1.807) is 0 Å². The number of hydrogen-bond donors (Lipinski definition) is 0. The lowest BCUT2D eigenvalue weighted by molar-refractivity contribution is -0.133. The first kappa shape index (κ1) is 16.5. The largest absolute Gasteiger partial charge is 0.465 e. The molecule has 0 aliphatic carbocycles. The summed E-state index contributed by atoms with van der Waals surface area (Å²) in [6.07, 6.45) is 3.55. The third-order valence-corrected chi connectivity index (χ3v) is 3.74. The first-order valence-electron chi connectivity index (χ1n) is 6.95. The van der Waals surface area contributed by atoms with E-state index < -0.39 is 0 Å². The molecule has 2 heteroatoms. The van der Waals surface area contributed by atoms with Gasteiger partial charge < -0.3 is 4.74 Å². The molecule has 0 unspecified atom stereocenters. The maximum absolute atomic E-state index is 10.2. The topological polar surface area (TPSA) is 26.3 Å². The van der Waals surface area contributed by atoms with Crippen molar-refractivity contribution in [3.05, 3.63) is 0 Å². The Hall–Kier alpha value is -0.530. The van der Waals surface area contributed by atoms with Crippen molar-refractivity contribution in [2.24, 2.45) is 23.7 Å². The molecule has 0 aliphatic rings. The molecule has 0 radical (unpaired) electrons. The second-order valence-electron chi connectivity index (χ2n) is 6.18. The van der Waals surface area contributed by atoms with Gasteiger partial charge in [0.1, 0.15) is 0 Å². The third-order valence-electron chi connectivity index (χ3n) is 3.74. The first-order valence-corrected chi connectivity index (χ1v) is 6.95. The highest BCUT2D eigenvalue weighted by Crippen LogP contribution is 2.26. The molecule has 0 heterocycles. The van der Waals surface area contributed by atoms with Crippen LogP contribution < -0.4 is 0 Å². The number of rotatable bonds is 9. The minimum absolute atomic E-state index is 0.0530. The molecular formula is C15H30O2. The highest BCUT2D eigenvalue weighted by Gasteiger charge is 2.16. The van der Waals surface area contributed by atoms with Gasteiger partial charge >= 0.3 is 0 Å². The van der Waals surface area contributed by atoms with Gasteiger partial charge in [0.25, 0.3) is 6.47 Å². The zero-order chi connectivity index (χ0) is 13.4. The highest BCUT2D eigenvalue weighted by atomic mass is 16.5. The summed E-state index contributed by atoms with van der Waals surface area (Å²) in [7, 11) is 0. The molecule has 0 N–H and O–H groups in total. The summed E-state index contributed by atoms with van der Waals surface area (Å²) in [5, 5.41) is 0. The molecule has 2 nitrogen and oxygen atoms in total. The normalized spacial score (nSPS) is 18.5. The van der Waals surface area contributed by atoms with E-state index in [0.29, 0.717) is 12.4 Å². The molecule has 0 amide bonds. The first-order chi connectivity index (χ1) is 7.86. The lowest BCUT2D eigenvalue weighted by Crippen LogP contribution is -2.16. The van der Waals surface area contributed by atoms with E-state index in [4.69, 9.17) is 4.74 Å². The number of hydrogen-bond acceptors (Lipinski definition) is 2. The molecule has 0 aromatic carbocycles. The Morgan fingerprint density at radius 3 is 1.88 bits per heavy atom. The van der Waals surface area contributed by atoms with E-state index in [9.17, 15) is 4.79 Å². The van der Waals surface area contributed by atoms with Crippen molar-refractivity contribution in [3.63, 3.8) is 0 Å². The lowest BCUT2D eigenvalue weighted by Gasteiger charge is -2.23. The molecule has 0 rings (SSSR count). The number of ether oxygens (including phenoxy) is 1. The van der Waals surface area contributed by atoms with Crippen molar-refractivity contribution in [2.45, 2.75) is 66.9 Å². The molecule has 0 aromatic heterocycles. The van der Waals surface area contributed by atoms with Crippen molar-refractivity contribution in [3.8, 4) is 0 Å². The molecule has 4 atom stereocenters. The summed E-state index contributed by atoms with van der Waals surface area (Å²) >= 11 is 0. The summed E-state index contributed by atoms with van der Waals surface area (Å²) < 4.78 is 4.93. The molecule has 0 fully saturated rings. The monoisotopic (exact) mass is 242 g/mol. The second-order valence-corrected chi connectivity index (χ2v) is 6.18. The summed E-state index contributed by atoms with van der Waals surface area (Å²) in [6.45, 7) is 14.0. The average molecular weight is 242 g/mol. The van der Waals surface area contributed by atoms with Crippen LogP contribution in [0.1, 0.15) is 60.8 Å². The van der Waals surface area contributed by atoms with Crippen LogP contribution in [0.3, 0.4) is 0 Å². The minimum atomic E-state index is 0.0530. The van der Waals surface area contributed by atoms with Crippen molar-refractivity contribution in [2.75, 3.05) is 0 Å². The van der Waals surface area contributed by atoms with E-state index in [1.165, 1.54) is 12.8 Å². The Labute approximate surface area is 107 Å². The second kappa shape index (κ2) is 8.54. The third kappa shape index (κ3) is 8.23. The van der Waals surface area contributed by atoms with Crippen LogP contribution in [0.25, 0.3) is 0 Å². The van der Waals surface area contributed by atoms with Gasteiger partial charge in [-0.25, -0.2) is 0 Å². The van der Waals surface area contributed by atoms with Crippen LogP contribution in [-0.2, 0) is 9.53 Å². The molecule has 0 spiro atoms. The van der Waals surface area contributed by atoms with Crippen molar-refractivity contribution < 1.29 is 9.53 Å². The van der Waals surface area contributed by atoms with Crippen LogP contribution in [0.5, 0.6) is 0 Å². The van der Waals surface area contributed by atoms with Crippen molar-refractivity contribution in [1.29, 1.82) is 0 Å². The fraction of sp³-hybridized carbons (Fsp3) is 0.933. The SMILES string of the molecule is CC(C)[C@@H](C)C[C@@H](C)C[C@@H](C)C[C@@H](C)OC=O. The Morgan fingerprint density at radius 1 is 0.882 bits per heavy atom. The van der Waals surface area contributed by atoms with Gasteiger partial charge in [0.2, 0.25) is 0 Å². The van der Waals surface area contributed by atoms with Gasteiger partial charge in [0.15, 0.2) is 0 Å². The molecule has 0 bridgehead atoms. The van der Waals surface area contributed by atoms with Gasteiger partial charge in [-0.3, -0.25) is 4.79 Å². The zero-order valence-corrected chi connectivity index (χ0v) is 12.4. The standard InChI is InChI=1S/C15H30O2/c1-11(2)14(5)8-12(3)7-13(4)9-15(6)17-10-16/h10-15H,7-9H2,1-6H3/t12-,13+,14-,15+/m0/s1. The van der Waals surface area contributed by atoms with E-state index in [0.717, 1.165) is 24.2 Å². The maximum Gasteiger partial charge on any atom is 0.293 e. The summed E-state index contributed by atoms with van der Waals surface area (Å²) in [5.74, 6) is 2.94. The van der Waals surface area contributed by atoms with E-state index in [1.807, 2.05) is 6.92 Å². The van der Waals surface area contributed by atoms with Crippen LogP contribution in [0, 0.1) is 23.7 Å². The molecule has 17 heavy (non-hydrogen) atoms. The van der Waals surface area contributed by atoms with Crippen molar-refractivity contribution >= 4 is 6.47 Å². The quantitative estimate of drug-likeness (QED) is 0.564. The maximum atomic E-state index is 10.2. The predicted molar refractivity (Wildman–Crippen MR) is 72.8 cm³/mol. The Morgan fingerprint density at radius 2 is 1.41 bits per heavy atom. The van der Waals surface area contributed by atoms with Crippen LogP contribution in [0.2, 0.25) is 0 Å². The summed E-state index contributed by atoms with van der Waals surface area (Å²) in [5.41, 5.74) is 0. The van der Waals surface area contributed by atoms with Crippen molar-refractivity contribution in [1.82, 2.24) is 0 Å². The molecule has 0 saturated carbocycles. The van der Waals surface area contributed by atoms with E-state index in [2.05, 4.69) is 34.6 Å². The van der Waals surface area contributed by atoms with Crippen LogP contribution >= 0.6 is 0 Å². The van der Waals surface area contributed by atoms with Crippen LogP contribution in [-0.4, -0.2) is 12.6 Å². The van der Waals surface area contributed by atoms with Gasteiger partial charge in [-0.1, -0.05) is 34.6 Å². The Kier molecular flexibility index (Phi) is 8.28. The highest BCUT2D eigenvalue weighted by molar-refractivity contribution is 5.37. The van der Waals surface area contributed by atoms with Gasteiger partial charge in [0, 0.05) is 0 Å². The van der Waals surface area contributed by atoms with Crippen LogP contribution in [0.15, 0.2) is 0 Å². The predicted octanol–water partition coefficient (Wildman–Crippen LogP) is 4.28. The van der Waals surface area contributed by atoms with E-state index in [-0.39, 0.29) is 6.10 Å². The number of carbonyl (C=O) groups is 1. The van der Waals surface area contributed by atoms with Gasteiger partial charge in [0.05, 0.1) is 6.10 Å². The zero-order valence-electron chi connectivity index (χ0n) is 12.4. The Balaban J connectivity index is 3.86. The Bertz CT molecular complexity index is 201.